The number of hydrogen-bond donors (Lipinski definition) is 2. The molecule has 1 aliphatic heterocycles. The molecule has 0 unspecified atom stereocenters. The monoisotopic (exact) mass is 409 g/mol. The van der Waals surface area contributed by atoms with Crippen molar-refractivity contribution in [3.05, 3.63) is 0 Å². The van der Waals surface area contributed by atoms with Crippen molar-refractivity contribution in [2.75, 3.05) is 72.7 Å². The molecule has 0 radical (unpaired) electrons. The second kappa shape index (κ2) is 12.1. The molecule has 2 aliphatic carbocycles. The first kappa shape index (κ1) is 22.8. The first-order chi connectivity index (χ1) is 14.3. The average molecular weight is 410 g/mol. The quantitative estimate of drug-likeness (QED) is 0.400. The van der Waals surface area contributed by atoms with E-state index in [0.717, 1.165) is 77.6 Å². The van der Waals surface area contributed by atoms with Crippen LogP contribution >= 0.6 is 0 Å². The fourth-order valence-corrected chi connectivity index (χ4v) is 4.83. The summed E-state index contributed by atoms with van der Waals surface area (Å²) in [7, 11) is 1.79. The Balaban J connectivity index is 1.54. The van der Waals surface area contributed by atoms with Gasteiger partial charge in [0.15, 0.2) is 5.96 Å². The number of methoxy groups -OCH3 is 1. The Morgan fingerprint density at radius 2 is 1.90 bits per heavy atom. The van der Waals surface area contributed by atoms with Gasteiger partial charge in [0, 0.05) is 58.0 Å². The molecule has 2 N–H and O–H groups in total. The number of morpholine rings is 1. The van der Waals surface area contributed by atoms with Crippen LogP contribution in [0.1, 0.15) is 51.9 Å². The first-order valence-corrected chi connectivity index (χ1v) is 11.9. The lowest BCUT2D eigenvalue weighted by atomic mass is 9.80. The highest BCUT2D eigenvalue weighted by molar-refractivity contribution is 5.79. The molecule has 0 atom stereocenters. The molecule has 7 heteroatoms. The predicted molar refractivity (Wildman–Crippen MR) is 119 cm³/mol. The van der Waals surface area contributed by atoms with E-state index < -0.39 is 0 Å². The lowest BCUT2D eigenvalue weighted by Gasteiger charge is -2.47. The van der Waals surface area contributed by atoms with Crippen molar-refractivity contribution in [1.82, 2.24) is 20.4 Å². The Bertz CT molecular complexity index is 486. The molecule has 2 saturated carbocycles. The SMILES string of the molecule is CCNC(=NCC1(N2CCOCC2)CCCCC1)NCCN(CCOC)C1CC1. The van der Waals surface area contributed by atoms with Gasteiger partial charge in [0.05, 0.1) is 26.4 Å². The van der Waals surface area contributed by atoms with Gasteiger partial charge in [0.2, 0.25) is 0 Å². The fourth-order valence-electron chi connectivity index (χ4n) is 4.83. The van der Waals surface area contributed by atoms with Gasteiger partial charge in [-0.2, -0.15) is 0 Å². The van der Waals surface area contributed by atoms with Gasteiger partial charge in [-0.1, -0.05) is 19.3 Å². The molecular formula is C22H43N5O2. The highest BCUT2D eigenvalue weighted by Gasteiger charge is 2.38. The standard InChI is InChI=1S/C22H43N5O2/c1-3-23-21(24-11-12-26(13-16-28-2)20-7-8-20)25-19-22(9-5-4-6-10-22)27-14-17-29-18-15-27/h20H,3-19H2,1-2H3,(H2,23,24,25). The molecule has 0 aromatic heterocycles. The van der Waals surface area contributed by atoms with Gasteiger partial charge in [-0.15, -0.1) is 0 Å². The molecule has 3 rings (SSSR count). The van der Waals surface area contributed by atoms with Crippen LogP contribution in [0.15, 0.2) is 4.99 Å². The van der Waals surface area contributed by atoms with Crippen molar-refractivity contribution in [2.24, 2.45) is 4.99 Å². The summed E-state index contributed by atoms with van der Waals surface area (Å²) in [6, 6.07) is 0.762. The van der Waals surface area contributed by atoms with Crippen LogP contribution in [-0.4, -0.2) is 100 Å². The van der Waals surface area contributed by atoms with Crippen LogP contribution in [0.4, 0.5) is 0 Å². The average Bonchev–Trinajstić information content (AvgIpc) is 3.61. The number of nitrogens with zero attached hydrogens (tertiary/aromatic N) is 3. The summed E-state index contributed by atoms with van der Waals surface area (Å²) >= 11 is 0. The molecular weight excluding hydrogens is 366 g/mol. The van der Waals surface area contributed by atoms with E-state index >= 15 is 0 Å². The summed E-state index contributed by atoms with van der Waals surface area (Å²) in [4.78, 5) is 10.3. The van der Waals surface area contributed by atoms with Crippen LogP contribution in [0, 0.1) is 0 Å². The molecule has 0 aromatic rings. The second-order valence-electron chi connectivity index (χ2n) is 8.77. The minimum absolute atomic E-state index is 0.225. The summed E-state index contributed by atoms with van der Waals surface area (Å²) in [5.41, 5.74) is 0.225. The van der Waals surface area contributed by atoms with E-state index in [-0.39, 0.29) is 5.54 Å². The maximum absolute atomic E-state index is 5.61. The lowest BCUT2D eigenvalue weighted by Crippen LogP contribution is -2.56. The molecule has 168 valence electrons. The Kier molecular flexibility index (Phi) is 9.49. The van der Waals surface area contributed by atoms with Crippen molar-refractivity contribution in [2.45, 2.75) is 63.5 Å². The zero-order valence-electron chi connectivity index (χ0n) is 18.8. The van der Waals surface area contributed by atoms with Gasteiger partial charge < -0.3 is 20.1 Å². The molecule has 29 heavy (non-hydrogen) atoms. The first-order valence-electron chi connectivity index (χ1n) is 11.9. The Hall–Kier alpha value is -0.890. The van der Waals surface area contributed by atoms with Crippen molar-refractivity contribution in [1.29, 1.82) is 0 Å². The zero-order chi connectivity index (χ0) is 20.4. The molecule has 0 aromatic carbocycles. The van der Waals surface area contributed by atoms with Crippen LogP contribution in [0.5, 0.6) is 0 Å². The van der Waals surface area contributed by atoms with E-state index in [1.807, 2.05) is 0 Å². The topological polar surface area (TPSA) is 61.4 Å². The van der Waals surface area contributed by atoms with E-state index in [0.29, 0.717) is 0 Å². The Morgan fingerprint density at radius 1 is 1.14 bits per heavy atom. The Morgan fingerprint density at radius 3 is 2.55 bits per heavy atom. The third kappa shape index (κ3) is 7.09. The van der Waals surface area contributed by atoms with Gasteiger partial charge >= 0.3 is 0 Å². The summed E-state index contributed by atoms with van der Waals surface area (Å²) in [6.07, 6.45) is 9.22. The number of aliphatic imine (C=N–C) groups is 1. The highest BCUT2D eigenvalue weighted by Crippen LogP contribution is 2.34. The van der Waals surface area contributed by atoms with Gasteiger partial charge in [-0.25, -0.2) is 0 Å². The van der Waals surface area contributed by atoms with E-state index in [1.165, 1.54) is 44.9 Å². The smallest absolute Gasteiger partial charge is 0.191 e. The Labute approximate surface area is 177 Å². The van der Waals surface area contributed by atoms with Crippen molar-refractivity contribution in [3.63, 3.8) is 0 Å². The number of rotatable bonds is 11. The molecule has 3 aliphatic rings. The maximum Gasteiger partial charge on any atom is 0.191 e. The molecule has 1 heterocycles. The molecule has 7 nitrogen and oxygen atoms in total. The van der Waals surface area contributed by atoms with E-state index in [9.17, 15) is 0 Å². The summed E-state index contributed by atoms with van der Waals surface area (Å²) in [5.74, 6) is 0.966. The van der Waals surface area contributed by atoms with Crippen molar-refractivity contribution >= 4 is 5.96 Å². The third-order valence-electron chi connectivity index (χ3n) is 6.68. The van der Waals surface area contributed by atoms with Gasteiger partial charge in [0.1, 0.15) is 0 Å². The summed E-state index contributed by atoms with van der Waals surface area (Å²) < 4.78 is 10.9. The van der Waals surface area contributed by atoms with Crippen LogP contribution in [0.2, 0.25) is 0 Å². The van der Waals surface area contributed by atoms with Crippen LogP contribution in [0.25, 0.3) is 0 Å². The second-order valence-corrected chi connectivity index (χ2v) is 8.77. The van der Waals surface area contributed by atoms with Gasteiger partial charge in [0.25, 0.3) is 0 Å². The lowest BCUT2D eigenvalue weighted by molar-refractivity contribution is -0.0333. The van der Waals surface area contributed by atoms with E-state index in [2.05, 4.69) is 27.4 Å². The normalized spacial score (nSPS) is 23.3. The molecule has 3 fully saturated rings. The summed E-state index contributed by atoms with van der Waals surface area (Å²) in [6.45, 7) is 11.6. The molecule has 0 spiro atoms. The zero-order valence-corrected chi connectivity index (χ0v) is 18.8. The highest BCUT2D eigenvalue weighted by atomic mass is 16.5. The number of ether oxygens (including phenoxy) is 2. The van der Waals surface area contributed by atoms with Crippen LogP contribution in [-0.2, 0) is 9.47 Å². The van der Waals surface area contributed by atoms with Crippen LogP contribution < -0.4 is 10.6 Å². The maximum atomic E-state index is 5.61. The van der Waals surface area contributed by atoms with Crippen molar-refractivity contribution < 1.29 is 9.47 Å². The third-order valence-corrected chi connectivity index (χ3v) is 6.68. The van der Waals surface area contributed by atoms with Crippen molar-refractivity contribution in [3.8, 4) is 0 Å². The predicted octanol–water partition coefficient (Wildman–Crippen LogP) is 1.69. The molecule has 1 saturated heterocycles. The van der Waals surface area contributed by atoms with Gasteiger partial charge in [-0.05, 0) is 32.6 Å². The van der Waals surface area contributed by atoms with Gasteiger partial charge in [-0.3, -0.25) is 14.8 Å². The van der Waals surface area contributed by atoms with E-state index in [1.54, 1.807) is 7.11 Å². The largest absolute Gasteiger partial charge is 0.383 e. The number of guanidine groups is 1. The minimum Gasteiger partial charge on any atom is -0.383 e. The molecule has 0 amide bonds. The van der Waals surface area contributed by atoms with Crippen LogP contribution in [0.3, 0.4) is 0 Å². The number of hydrogen-bond acceptors (Lipinski definition) is 5. The minimum atomic E-state index is 0.225. The molecule has 0 bridgehead atoms. The van der Waals surface area contributed by atoms with E-state index in [4.69, 9.17) is 14.5 Å². The fraction of sp³-hybridized carbons (Fsp3) is 0.955. The summed E-state index contributed by atoms with van der Waals surface area (Å²) in [5, 5.41) is 7.04. The number of nitrogens with one attached hydrogen (secondary N) is 2.